The third-order valence-corrected chi connectivity index (χ3v) is 3.88. The molecule has 2 heteroatoms. The van der Waals surface area contributed by atoms with Crippen LogP contribution < -0.4 is 4.74 Å². The molecule has 1 aromatic carbocycles. The SMILES string of the molecule is CCCCCCCCCCC=CCCC(=O)Oc1ccccc1. The van der Waals surface area contributed by atoms with Crippen molar-refractivity contribution in [3.63, 3.8) is 0 Å². The molecule has 0 saturated carbocycles. The fourth-order valence-electron chi connectivity index (χ4n) is 2.50. The van der Waals surface area contributed by atoms with Gasteiger partial charge in [0.05, 0.1) is 0 Å². The molecule has 0 aliphatic carbocycles. The van der Waals surface area contributed by atoms with Gasteiger partial charge in [-0.15, -0.1) is 0 Å². The summed E-state index contributed by atoms with van der Waals surface area (Å²) in [6.45, 7) is 2.26. The molecule has 0 aliphatic heterocycles. The first kappa shape index (κ1) is 19.5. The first-order valence-corrected chi connectivity index (χ1v) is 9.23. The van der Waals surface area contributed by atoms with Crippen LogP contribution in [0, 0.1) is 0 Å². The predicted molar refractivity (Wildman–Crippen MR) is 97.7 cm³/mol. The van der Waals surface area contributed by atoms with Crippen LogP contribution in [-0.2, 0) is 4.79 Å². The maximum Gasteiger partial charge on any atom is 0.311 e. The average molecular weight is 316 g/mol. The van der Waals surface area contributed by atoms with Gasteiger partial charge in [0.2, 0.25) is 0 Å². The highest BCUT2D eigenvalue weighted by Gasteiger charge is 2.02. The van der Waals surface area contributed by atoms with Gasteiger partial charge in [0.15, 0.2) is 0 Å². The Hall–Kier alpha value is -1.57. The number of unbranched alkanes of at least 4 members (excludes halogenated alkanes) is 8. The second-order valence-corrected chi connectivity index (χ2v) is 6.06. The monoisotopic (exact) mass is 316 g/mol. The summed E-state index contributed by atoms with van der Waals surface area (Å²) in [7, 11) is 0. The second kappa shape index (κ2) is 14.0. The number of rotatable bonds is 13. The Morgan fingerprint density at radius 1 is 0.870 bits per heavy atom. The fraction of sp³-hybridized carbons (Fsp3) is 0.571. The van der Waals surface area contributed by atoms with Crippen LogP contribution in [0.2, 0.25) is 0 Å². The maximum absolute atomic E-state index is 11.6. The molecule has 1 aromatic rings. The Kier molecular flexibility index (Phi) is 11.9. The summed E-state index contributed by atoms with van der Waals surface area (Å²) in [5.74, 6) is 0.466. The summed E-state index contributed by atoms with van der Waals surface area (Å²) in [6.07, 6.45) is 17.5. The lowest BCUT2D eigenvalue weighted by Crippen LogP contribution is -2.06. The van der Waals surface area contributed by atoms with Crippen LogP contribution in [0.25, 0.3) is 0 Å². The van der Waals surface area contributed by atoms with E-state index in [4.69, 9.17) is 4.74 Å². The summed E-state index contributed by atoms with van der Waals surface area (Å²) < 4.78 is 5.24. The largest absolute Gasteiger partial charge is 0.427 e. The van der Waals surface area contributed by atoms with Crippen LogP contribution in [0.4, 0.5) is 0 Å². The minimum Gasteiger partial charge on any atom is -0.427 e. The van der Waals surface area contributed by atoms with Gasteiger partial charge >= 0.3 is 5.97 Å². The summed E-state index contributed by atoms with van der Waals surface area (Å²) >= 11 is 0. The van der Waals surface area contributed by atoms with Crippen molar-refractivity contribution in [3.8, 4) is 5.75 Å². The molecule has 0 saturated heterocycles. The summed E-state index contributed by atoms with van der Waals surface area (Å²) in [6, 6.07) is 9.25. The van der Waals surface area contributed by atoms with Crippen molar-refractivity contribution in [1.82, 2.24) is 0 Å². The third kappa shape index (κ3) is 11.6. The van der Waals surface area contributed by atoms with Gasteiger partial charge in [0, 0.05) is 6.42 Å². The number of benzene rings is 1. The van der Waals surface area contributed by atoms with Gasteiger partial charge < -0.3 is 4.74 Å². The number of para-hydroxylation sites is 1. The number of esters is 1. The van der Waals surface area contributed by atoms with Crippen molar-refractivity contribution in [2.75, 3.05) is 0 Å². The minimum atomic E-state index is -0.159. The average Bonchev–Trinajstić information content (AvgIpc) is 2.57. The molecule has 2 nitrogen and oxygen atoms in total. The van der Waals surface area contributed by atoms with Crippen LogP contribution in [0.5, 0.6) is 5.75 Å². The third-order valence-electron chi connectivity index (χ3n) is 3.88. The standard InChI is InChI=1S/C21H32O2/c1-2-3-4-5-6-7-8-9-10-11-12-16-19-21(22)23-20-17-14-13-15-18-20/h11-15,17-18H,2-10,16,19H2,1H3. The van der Waals surface area contributed by atoms with E-state index >= 15 is 0 Å². The zero-order valence-electron chi connectivity index (χ0n) is 14.6. The Morgan fingerprint density at radius 2 is 1.48 bits per heavy atom. The Balaban J connectivity index is 1.91. The molecule has 0 heterocycles. The number of hydrogen-bond acceptors (Lipinski definition) is 2. The van der Waals surface area contributed by atoms with E-state index in [1.807, 2.05) is 18.2 Å². The van der Waals surface area contributed by atoms with Crippen LogP contribution >= 0.6 is 0 Å². The second-order valence-electron chi connectivity index (χ2n) is 6.06. The van der Waals surface area contributed by atoms with E-state index in [2.05, 4.69) is 19.1 Å². The molecule has 0 fully saturated rings. The van der Waals surface area contributed by atoms with Gasteiger partial charge in [-0.25, -0.2) is 0 Å². The molecule has 0 spiro atoms. The Bertz CT molecular complexity index is 423. The molecular weight excluding hydrogens is 284 g/mol. The molecule has 0 unspecified atom stereocenters. The first-order valence-electron chi connectivity index (χ1n) is 9.23. The lowest BCUT2D eigenvalue weighted by atomic mass is 10.1. The molecule has 0 amide bonds. The molecule has 23 heavy (non-hydrogen) atoms. The van der Waals surface area contributed by atoms with Gasteiger partial charge in [-0.2, -0.15) is 0 Å². The number of ether oxygens (including phenoxy) is 1. The topological polar surface area (TPSA) is 26.3 Å². The molecule has 0 radical (unpaired) electrons. The van der Waals surface area contributed by atoms with Crippen LogP contribution in [0.15, 0.2) is 42.5 Å². The first-order chi connectivity index (χ1) is 11.3. The summed E-state index contributed by atoms with van der Waals surface area (Å²) in [5.41, 5.74) is 0. The van der Waals surface area contributed by atoms with E-state index < -0.39 is 0 Å². The van der Waals surface area contributed by atoms with Gasteiger partial charge in [-0.3, -0.25) is 4.79 Å². The van der Waals surface area contributed by atoms with E-state index in [0.717, 1.165) is 12.8 Å². The molecule has 0 atom stereocenters. The van der Waals surface area contributed by atoms with Gasteiger partial charge in [0.25, 0.3) is 0 Å². The summed E-state index contributed by atoms with van der Waals surface area (Å²) in [4.78, 5) is 11.6. The highest BCUT2D eigenvalue weighted by atomic mass is 16.5. The van der Waals surface area contributed by atoms with E-state index in [9.17, 15) is 4.79 Å². The summed E-state index contributed by atoms with van der Waals surface area (Å²) in [5, 5.41) is 0. The van der Waals surface area contributed by atoms with Crippen LogP contribution in [0.3, 0.4) is 0 Å². The molecule has 1 rings (SSSR count). The molecule has 0 aromatic heterocycles. The molecule has 128 valence electrons. The lowest BCUT2D eigenvalue weighted by molar-refractivity contribution is -0.134. The van der Waals surface area contributed by atoms with E-state index in [-0.39, 0.29) is 5.97 Å². The molecule has 0 N–H and O–H groups in total. The maximum atomic E-state index is 11.6. The molecule has 0 aliphatic rings. The van der Waals surface area contributed by atoms with Crippen molar-refractivity contribution in [1.29, 1.82) is 0 Å². The van der Waals surface area contributed by atoms with Gasteiger partial charge in [0.1, 0.15) is 5.75 Å². The van der Waals surface area contributed by atoms with Crippen molar-refractivity contribution >= 4 is 5.97 Å². The van der Waals surface area contributed by atoms with Gasteiger partial charge in [-0.05, 0) is 31.4 Å². The molecule has 0 bridgehead atoms. The number of hydrogen-bond donors (Lipinski definition) is 0. The lowest BCUT2D eigenvalue weighted by Gasteiger charge is -2.02. The van der Waals surface area contributed by atoms with Crippen molar-refractivity contribution < 1.29 is 9.53 Å². The molecular formula is C21H32O2. The quantitative estimate of drug-likeness (QED) is 0.181. The minimum absolute atomic E-state index is 0.159. The van der Waals surface area contributed by atoms with Crippen molar-refractivity contribution in [2.24, 2.45) is 0 Å². The van der Waals surface area contributed by atoms with Gasteiger partial charge in [-0.1, -0.05) is 82.2 Å². The van der Waals surface area contributed by atoms with E-state index in [0.29, 0.717) is 12.2 Å². The van der Waals surface area contributed by atoms with Crippen LogP contribution in [-0.4, -0.2) is 5.97 Å². The van der Waals surface area contributed by atoms with Crippen molar-refractivity contribution in [2.45, 2.75) is 77.6 Å². The fourth-order valence-corrected chi connectivity index (χ4v) is 2.50. The van der Waals surface area contributed by atoms with E-state index in [1.54, 1.807) is 12.1 Å². The van der Waals surface area contributed by atoms with Crippen molar-refractivity contribution in [3.05, 3.63) is 42.5 Å². The zero-order chi connectivity index (χ0) is 16.6. The predicted octanol–water partition coefficient (Wildman–Crippen LogP) is 6.46. The number of allylic oxidation sites excluding steroid dienone is 2. The van der Waals surface area contributed by atoms with E-state index in [1.165, 1.54) is 51.4 Å². The number of carbonyl (C=O) groups is 1. The number of carbonyl (C=O) groups excluding carboxylic acids is 1. The highest BCUT2D eigenvalue weighted by Crippen LogP contribution is 2.11. The zero-order valence-corrected chi connectivity index (χ0v) is 14.6. The normalized spacial score (nSPS) is 11.0. The highest BCUT2D eigenvalue weighted by molar-refractivity contribution is 5.72. The smallest absolute Gasteiger partial charge is 0.311 e. The Labute approximate surface area is 141 Å². The van der Waals surface area contributed by atoms with Crippen LogP contribution in [0.1, 0.15) is 77.6 Å². The Morgan fingerprint density at radius 3 is 2.17 bits per heavy atom.